The molecule has 0 radical (unpaired) electrons. The van der Waals surface area contributed by atoms with Gasteiger partial charge in [-0.25, -0.2) is 9.50 Å². The third kappa shape index (κ3) is 2.06. The average molecular weight is 245 g/mol. The molecule has 5 nitrogen and oxygen atoms in total. The molecule has 1 fully saturated rings. The maximum absolute atomic E-state index is 4.67. The van der Waals surface area contributed by atoms with Crippen LogP contribution >= 0.6 is 0 Å². The predicted octanol–water partition coefficient (Wildman–Crippen LogP) is 1.31. The molecule has 96 valence electrons. The molecular weight excluding hydrogens is 226 g/mol. The molecule has 0 bridgehead atoms. The van der Waals surface area contributed by atoms with Crippen LogP contribution in [0.2, 0.25) is 0 Å². The second-order valence-electron chi connectivity index (χ2n) is 4.72. The minimum absolute atomic E-state index is 0.572. The molecule has 2 aromatic rings. The molecule has 0 spiro atoms. The van der Waals surface area contributed by atoms with Crippen molar-refractivity contribution in [2.24, 2.45) is 0 Å². The highest BCUT2D eigenvalue weighted by molar-refractivity contribution is 5.48. The van der Waals surface area contributed by atoms with Gasteiger partial charge in [-0.2, -0.15) is 5.10 Å². The van der Waals surface area contributed by atoms with Crippen molar-refractivity contribution in [1.29, 1.82) is 0 Å². The molecular formula is C13H19N5. The topological polar surface area (TPSA) is 45.5 Å². The summed E-state index contributed by atoms with van der Waals surface area (Å²) in [4.78, 5) is 7.09. The normalized spacial score (nSPS) is 19.8. The Hall–Kier alpha value is -1.62. The minimum Gasteiger partial charge on any atom is -0.352 e. The zero-order chi connectivity index (χ0) is 12.4. The first-order valence-corrected chi connectivity index (χ1v) is 6.66. The van der Waals surface area contributed by atoms with Crippen molar-refractivity contribution in [3.8, 4) is 0 Å². The van der Waals surface area contributed by atoms with E-state index in [0.717, 1.165) is 31.1 Å². The van der Waals surface area contributed by atoms with Crippen molar-refractivity contribution in [1.82, 2.24) is 19.9 Å². The largest absolute Gasteiger partial charge is 0.352 e. The fourth-order valence-corrected chi connectivity index (χ4v) is 2.62. The Kier molecular flexibility index (Phi) is 3.15. The zero-order valence-electron chi connectivity index (χ0n) is 10.7. The molecule has 18 heavy (non-hydrogen) atoms. The van der Waals surface area contributed by atoms with Gasteiger partial charge in [-0.15, -0.1) is 0 Å². The van der Waals surface area contributed by atoms with Crippen LogP contribution in [0.15, 0.2) is 24.5 Å². The number of hydrogen-bond donors (Lipinski definition) is 1. The van der Waals surface area contributed by atoms with E-state index in [1.54, 1.807) is 10.7 Å². The summed E-state index contributed by atoms with van der Waals surface area (Å²) in [6.45, 7) is 5.32. The lowest BCUT2D eigenvalue weighted by atomic mass is 10.2. The molecule has 3 heterocycles. The monoisotopic (exact) mass is 245 g/mol. The maximum atomic E-state index is 4.67. The lowest BCUT2D eigenvalue weighted by molar-refractivity contribution is 0.584. The summed E-state index contributed by atoms with van der Waals surface area (Å²) >= 11 is 0. The van der Waals surface area contributed by atoms with Crippen molar-refractivity contribution in [3.63, 3.8) is 0 Å². The Balaban J connectivity index is 1.83. The van der Waals surface area contributed by atoms with Gasteiger partial charge in [0.1, 0.15) is 5.82 Å². The summed E-state index contributed by atoms with van der Waals surface area (Å²) in [6.07, 6.45) is 6.27. The number of rotatable bonds is 4. The van der Waals surface area contributed by atoms with E-state index >= 15 is 0 Å². The van der Waals surface area contributed by atoms with Gasteiger partial charge in [0.2, 0.25) is 0 Å². The molecule has 0 aliphatic carbocycles. The summed E-state index contributed by atoms with van der Waals surface area (Å²) in [5.41, 5.74) is 0.918. The summed E-state index contributed by atoms with van der Waals surface area (Å²) in [5.74, 6) is 1.07. The number of anilines is 1. The Bertz CT molecular complexity index is 521. The van der Waals surface area contributed by atoms with Crippen molar-refractivity contribution < 1.29 is 0 Å². The zero-order valence-corrected chi connectivity index (χ0v) is 10.7. The molecule has 2 aromatic heterocycles. The van der Waals surface area contributed by atoms with Crippen molar-refractivity contribution in [3.05, 3.63) is 24.5 Å². The number of fused-ring (bicyclic) bond motifs is 1. The van der Waals surface area contributed by atoms with Gasteiger partial charge in [-0.1, -0.05) is 6.92 Å². The summed E-state index contributed by atoms with van der Waals surface area (Å²) < 4.78 is 1.80. The third-order valence-electron chi connectivity index (χ3n) is 3.54. The van der Waals surface area contributed by atoms with Gasteiger partial charge in [0, 0.05) is 31.4 Å². The van der Waals surface area contributed by atoms with Crippen LogP contribution in [0.3, 0.4) is 0 Å². The van der Waals surface area contributed by atoms with Crippen LogP contribution < -0.4 is 10.2 Å². The van der Waals surface area contributed by atoms with Gasteiger partial charge in [0.05, 0.1) is 6.20 Å². The Labute approximate surface area is 107 Å². The van der Waals surface area contributed by atoms with Gasteiger partial charge in [0.15, 0.2) is 5.65 Å². The highest BCUT2D eigenvalue weighted by atomic mass is 15.3. The summed E-state index contributed by atoms with van der Waals surface area (Å²) in [5, 5.41) is 7.61. The molecule has 1 N–H and O–H groups in total. The van der Waals surface area contributed by atoms with Gasteiger partial charge in [0.25, 0.3) is 0 Å². The highest BCUT2D eigenvalue weighted by Gasteiger charge is 2.25. The molecule has 1 saturated heterocycles. The van der Waals surface area contributed by atoms with Crippen LogP contribution in [0, 0.1) is 0 Å². The van der Waals surface area contributed by atoms with Crippen LogP contribution in [-0.4, -0.2) is 40.3 Å². The van der Waals surface area contributed by atoms with Gasteiger partial charge < -0.3 is 10.2 Å². The molecule has 1 unspecified atom stereocenters. The fraction of sp³-hybridized carbons (Fsp3) is 0.538. The molecule has 0 aromatic carbocycles. The van der Waals surface area contributed by atoms with Gasteiger partial charge in [-0.05, 0) is 25.5 Å². The van der Waals surface area contributed by atoms with Crippen LogP contribution in [0.4, 0.5) is 5.82 Å². The number of likely N-dealkylation sites (N-methyl/N-ethyl adjacent to an activating group) is 1. The first-order valence-electron chi connectivity index (χ1n) is 6.66. The van der Waals surface area contributed by atoms with Crippen LogP contribution in [0.1, 0.15) is 19.8 Å². The fourth-order valence-electron chi connectivity index (χ4n) is 2.62. The summed E-state index contributed by atoms with van der Waals surface area (Å²) in [7, 11) is 0. The average Bonchev–Trinajstić information content (AvgIpc) is 3.03. The Morgan fingerprint density at radius 3 is 3.28 bits per heavy atom. The van der Waals surface area contributed by atoms with E-state index in [0.29, 0.717) is 6.04 Å². The van der Waals surface area contributed by atoms with Crippen LogP contribution in [0.25, 0.3) is 5.65 Å². The van der Waals surface area contributed by atoms with Crippen molar-refractivity contribution in [2.75, 3.05) is 24.5 Å². The van der Waals surface area contributed by atoms with Crippen LogP contribution in [0.5, 0.6) is 0 Å². The SMILES string of the molecule is CCNCC1CCCN1c1ccn2nccc2n1. The van der Waals surface area contributed by atoms with Crippen molar-refractivity contribution >= 4 is 11.5 Å². The molecule has 5 heteroatoms. The third-order valence-corrected chi connectivity index (χ3v) is 3.54. The lowest BCUT2D eigenvalue weighted by Crippen LogP contribution is -2.38. The second kappa shape index (κ2) is 4.94. The first kappa shape index (κ1) is 11.5. The van der Waals surface area contributed by atoms with E-state index < -0.39 is 0 Å². The minimum atomic E-state index is 0.572. The predicted molar refractivity (Wildman–Crippen MR) is 71.9 cm³/mol. The van der Waals surface area contributed by atoms with E-state index in [2.05, 4.69) is 33.3 Å². The lowest BCUT2D eigenvalue weighted by Gasteiger charge is -2.25. The Morgan fingerprint density at radius 2 is 2.39 bits per heavy atom. The number of hydrogen-bond acceptors (Lipinski definition) is 4. The van der Waals surface area contributed by atoms with E-state index in [1.807, 2.05) is 12.3 Å². The highest BCUT2D eigenvalue weighted by Crippen LogP contribution is 2.23. The number of nitrogens with zero attached hydrogens (tertiary/aromatic N) is 4. The van der Waals surface area contributed by atoms with Crippen LogP contribution in [-0.2, 0) is 0 Å². The number of nitrogens with one attached hydrogen (secondary N) is 1. The van der Waals surface area contributed by atoms with E-state index in [1.165, 1.54) is 12.8 Å². The molecule has 1 aliphatic heterocycles. The molecule has 0 amide bonds. The maximum Gasteiger partial charge on any atom is 0.157 e. The van der Waals surface area contributed by atoms with E-state index in [-0.39, 0.29) is 0 Å². The van der Waals surface area contributed by atoms with Gasteiger partial charge in [-0.3, -0.25) is 0 Å². The molecule has 1 atom stereocenters. The summed E-state index contributed by atoms with van der Waals surface area (Å²) in [6, 6.07) is 4.58. The molecule has 1 aliphatic rings. The van der Waals surface area contributed by atoms with Gasteiger partial charge >= 0.3 is 0 Å². The molecule has 3 rings (SSSR count). The molecule has 0 saturated carbocycles. The first-order chi connectivity index (χ1) is 8.88. The van der Waals surface area contributed by atoms with E-state index in [4.69, 9.17) is 0 Å². The smallest absolute Gasteiger partial charge is 0.157 e. The number of aromatic nitrogens is 3. The second-order valence-corrected chi connectivity index (χ2v) is 4.72. The Morgan fingerprint density at radius 1 is 1.44 bits per heavy atom. The van der Waals surface area contributed by atoms with E-state index in [9.17, 15) is 0 Å². The van der Waals surface area contributed by atoms with Crippen molar-refractivity contribution in [2.45, 2.75) is 25.8 Å². The standard InChI is InChI=1S/C13H19N5/c1-2-14-10-11-4-3-8-17(11)12-6-9-18-13(16-12)5-7-15-18/h5-7,9,11,14H,2-4,8,10H2,1H3. The quantitative estimate of drug-likeness (QED) is 0.882.